The molecule has 2 N–H and O–H groups in total. The molecular formula is C11H19N3O. The zero-order chi connectivity index (χ0) is 11.1. The predicted molar refractivity (Wildman–Crippen MR) is 60.4 cm³/mol. The Hall–Kier alpha value is -1.29. The average molecular weight is 209 g/mol. The van der Waals surface area contributed by atoms with Crippen LogP contribution in [0.5, 0.6) is 0 Å². The van der Waals surface area contributed by atoms with Crippen molar-refractivity contribution in [3.8, 4) is 0 Å². The first-order valence-electron chi connectivity index (χ1n) is 5.25. The van der Waals surface area contributed by atoms with Crippen LogP contribution in [0, 0.1) is 0 Å². The van der Waals surface area contributed by atoms with E-state index >= 15 is 0 Å². The van der Waals surface area contributed by atoms with E-state index in [0.29, 0.717) is 13.0 Å². The van der Waals surface area contributed by atoms with Gasteiger partial charge in [0.25, 0.3) is 0 Å². The fraction of sp³-hybridized carbons (Fsp3) is 0.545. The Kier molecular flexibility index (Phi) is 4.90. The van der Waals surface area contributed by atoms with Gasteiger partial charge < -0.3 is 15.2 Å². The maximum absolute atomic E-state index is 11.4. The van der Waals surface area contributed by atoms with Crippen LogP contribution in [0.15, 0.2) is 18.3 Å². The lowest BCUT2D eigenvalue weighted by Crippen LogP contribution is -2.24. The summed E-state index contributed by atoms with van der Waals surface area (Å²) in [6, 6.07) is 3.98. The molecule has 0 radical (unpaired) electrons. The van der Waals surface area contributed by atoms with Crippen LogP contribution >= 0.6 is 0 Å². The van der Waals surface area contributed by atoms with Crippen molar-refractivity contribution in [2.75, 3.05) is 13.6 Å². The summed E-state index contributed by atoms with van der Waals surface area (Å²) in [5.74, 6) is 0.117. The Balaban J connectivity index is 2.20. The number of rotatable bonds is 6. The van der Waals surface area contributed by atoms with E-state index in [-0.39, 0.29) is 5.91 Å². The van der Waals surface area contributed by atoms with Gasteiger partial charge in [-0.3, -0.25) is 4.79 Å². The molecule has 1 amide bonds. The molecule has 0 spiro atoms. The van der Waals surface area contributed by atoms with E-state index in [4.69, 9.17) is 0 Å². The molecule has 1 heterocycles. The second-order valence-electron chi connectivity index (χ2n) is 3.59. The molecule has 1 aromatic rings. The van der Waals surface area contributed by atoms with Gasteiger partial charge in [-0.2, -0.15) is 0 Å². The number of carbonyl (C=O) groups is 1. The van der Waals surface area contributed by atoms with Gasteiger partial charge in [0.15, 0.2) is 0 Å². The van der Waals surface area contributed by atoms with Crippen LogP contribution < -0.4 is 10.6 Å². The van der Waals surface area contributed by atoms with Crippen LogP contribution in [-0.4, -0.2) is 24.1 Å². The Bertz CT molecular complexity index is 307. The molecule has 1 rings (SSSR count). The van der Waals surface area contributed by atoms with Gasteiger partial charge >= 0.3 is 0 Å². The summed E-state index contributed by atoms with van der Waals surface area (Å²) < 4.78 is 2.01. The summed E-state index contributed by atoms with van der Waals surface area (Å²) in [5.41, 5.74) is 1.12. The van der Waals surface area contributed by atoms with Crippen molar-refractivity contribution >= 4 is 5.91 Å². The topological polar surface area (TPSA) is 46.1 Å². The highest BCUT2D eigenvalue weighted by atomic mass is 16.1. The molecule has 0 atom stereocenters. The smallest absolute Gasteiger partial charge is 0.220 e. The number of hydrogen-bond acceptors (Lipinski definition) is 2. The molecule has 84 valence electrons. The quantitative estimate of drug-likeness (QED) is 0.675. The first-order valence-corrected chi connectivity index (χ1v) is 5.25. The SMILES string of the molecule is CNCCCC(=O)NCc1cccn1C. The molecule has 4 nitrogen and oxygen atoms in total. The largest absolute Gasteiger partial charge is 0.353 e. The normalized spacial score (nSPS) is 10.3. The number of aromatic nitrogens is 1. The molecule has 0 aromatic carbocycles. The van der Waals surface area contributed by atoms with Crippen molar-refractivity contribution in [3.63, 3.8) is 0 Å². The van der Waals surface area contributed by atoms with Crippen molar-refractivity contribution in [2.45, 2.75) is 19.4 Å². The maximum Gasteiger partial charge on any atom is 0.220 e. The van der Waals surface area contributed by atoms with Crippen LogP contribution in [0.4, 0.5) is 0 Å². The Morgan fingerprint density at radius 2 is 2.33 bits per heavy atom. The van der Waals surface area contributed by atoms with Gasteiger partial charge in [0.05, 0.1) is 6.54 Å². The van der Waals surface area contributed by atoms with Gasteiger partial charge in [0.1, 0.15) is 0 Å². The lowest BCUT2D eigenvalue weighted by molar-refractivity contribution is -0.121. The molecule has 0 aliphatic rings. The Labute approximate surface area is 90.7 Å². The van der Waals surface area contributed by atoms with Crippen molar-refractivity contribution in [2.24, 2.45) is 7.05 Å². The van der Waals surface area contributed by atoms with Crippen LogP contribution in [0.2, 0.25) is 0 Å². The molecule has 0 aliphatic heterocycles. The molecule has 0 saturated carbocycles. The van der Waals surface area contributed by atoms with Gasteiger partial charge in [-0.15, -0.1) is 0 Å². The minimum Gasteiger partial charge on any atom is -0.353 e. The number of hydrogen-bond donors (Lipinski definition) is 2. The molecule has 0 unspecified atom stereocenters. The average Bonchev–Trinajstić information content (AvgIpc) is 2.61. The van der Waals surface area contributed by atoms with E-state index in [0.717, 1.165) is 18.7 Å². The molecular weight excluding hydrogens is 190 g/mol. The molecule has 15 heavy (non-hydrogen) atoms. The zero-order valence-electron chi connectivity index (χ0n) is 9.42. The maximum atomic E-state index is 11.4. The molecule has 4 heteroatoms. The van der Waals surface area contributed by atoms with Crippen LogP contribution in [0.1, 0.15) is 18.5 Å². The third-order valence-corrected chi connectivity index (χ3v) is 2.35. The molecule has 0 aliphatic carbocycles. The highest BCUT2D eigenvalue weighted by Gasteiger charge is 2.01. The first kappa shape index (κ1) is 11.8. The Morgan fingerprint density at radius 3 is 2.93 bits per heavy atom. The van der Waals surface area contributed by atoms with Gasteiger partial charge in [-0.25, -0.2) is 0 Å². The van der Waals surface area contributed by atoms with Crippen molar-refractivity contribution in [3.05, 3.63) is 24.0 Å². The van der Waals surface area contributed by atoms with Crippen LogP contribution in [0.3, 0.4) is 0 Å². The lowest BCUT2D eigenvalue weighted by Gasteiger charge is -2.06. The molecule has 0 saturated heterocycles. The number of nitrogens with one attached hydrogen (secondary N) is 2. The molecule has 1 aromatic heterocycles. The molecule has 0 bridgehead atoms. The zero-order valence-corrected chi connectivity index (χ0v) is 9.42. The fourth-order valence-electron chi connectivity index (χ4n) is 1.38. The van der Waals surface area contributed by atoms with Gasteiger partial charge in [-0.05, 0) is 32.1 Å². The summed E-state index contributed by atoms with van der Waals surface area (Å²) >= 11 is 0. The lowest BCUT2D eigenvalue weighted by atomic mass is 10.3. The number of aryl methyl sites for hydroxylation is 1. The van der Waals surface area contributed by atoms with Gasteiger partial charge in [0.2, 0.25) is 5.91 Å². The van der Waals surface area contributed by atoms with E-state index in [9.17, 15) is 4.79 Å². The standard InChI is InChI=1S/C11H19N3O/c1-12-7-3-6-11(15)13-9-10-5-4-8-14(10)2/h4-5,8,12H,3,6-7,9H2,1-2H3,(H,13,15). The van der Waals surface area contributed by atoms with E-state index in [1.54, 1.807) is 0 Å². The van der Waals surface area contributed by atoms with Gasteiger partial charge in [-0.1, -0.05) is 0 Å². The summed E-state index contributed by atoms with van der Waals surface area (Å²) in [5, 5.41) is 5.91. The minimum atomic E-state index is 0.117. The third-order valence-electron chi connectivity index (χ3n) is 2.35. The van der Waals surface area contributed by atoms with Crippen LogP contribution in [0.25, 0.3) is 0 Å². The fourth-order valence-corrected chi connectivity index (χ4v) is 1.38. The molecule has 0 fully saturated rings. The number of nitrogens with zero attached hydrogens (tertiary/aromatic N) is 1. The highest BCUT2D eigenvalue weighted by molar-refractivity contribution is 5.75. The monoisotopic (exact) mass is 209 g/mol. The first-order chi connectivity index (χ1) is 7.24. The van der Waals surface area contributed by atoms with Gasteiger partial charge in [0, 0.05) is 25.4 Å². The van der Waals surface area contributed by atoms with E-state index in [2.05, 4.69) is 10.6 Å². The summed E-state index contributed by atoms with van der Waals surface area (Å²) in [6.07, 6.45) is 3.45. The van der Waals surface area contributed by atoms with Crippen LogP contribution in [-0.2, 0) is 18.4 Å². The summed E-state index contributed by atoms with van der Waals surface area (Å²) in [7, 11) is 3.87. The van der Waals surface area contributed by atoms with E-state index in [1.165, 1.54) is 0 Å². The number of amides is 1. The highest BCUT2D eigenvalue weighted by Crippen LogP contribution is 1.98. The Morgan fingerprint density at radius 1 is 1.53 bits per heavy atom. The minimum absolute atomic E-state index is 0.117. The second-order valence-corrected chi connectivity index (χ2v) is 3.59. The van der Waals surface area contributed by atoms with E-state index in [1.807, 2.05) is 37.0 Å². The van der Waals surface area contributed by atoms with Crippen molar-refractivity contribution in [1.82, 2.24) is 15.2 Å². The van der Waals surface area contributed by atoms with Crippen molar-refractivity contribution in [1.29, 1.82) is 0 Å². The second kappa shape index (κ2) is 6.24. The van der Waals surface area contributed by atoms with Crippen molar-refractivity contribution < 1.29 is 4.79 Å². The number of carbonyl (C=O) groups excluding carboxylic acids is 1. The summed E-state index contributed by atoms with van der Waals surface area (Å²) in [4.78, 5) is 11.4. The van der Waals surface area contributed by atoms with E-state index < -0.39 is 0 Å². The third kappa shape index (κ3) is 4.16. The predicted octanol–water partition coefficient (Wildman–Crippen LogP) is 0.641. The summed E-state index contributed by atoms with van der Waals surface area (Å²) in [6.45, 7) is 1.50.